The van der Waals surface area contributed by atoms with Crippen LogP contribution in [-0.2, 0) is 19.3 Å². The molecule has 0 saturated heterocycles. The smallest absolute Gasteiger partial charge is 0.00188 e. The van der Waals surface area contributed by atoms with Crippen molar-refractivity contribution in [3.63, 3.8) is 0 Å². The first kappa shape index (κ1) is 14.5. The Morgan fingerprint density at radius 1 is 1.21 bits per heavy atom. The van der Waals surface area contributed by atoms with Crippen LogP contribution in [0.5, 0.6) is 0 Å². The summed E-state index contributed by atoms with van der Waals surface area (Å²) in [6.07, 6.45) is 7.42. The fourth-order valence-electron chi connectivity index (χ4n) is 2.90. The number of nitrogens with zero attached hydrogens (tertiary/aromatic N) is 1. The fraction of sp³-hybridized carbons (Fsp3) is 0.647. The highest BCUT2D eigenvalue weighted by Gasteiger charge is 2.10. The van der Waals surface area contributed by atoms with Gasteiger partial charge in [-0.2, -0.15) is 0 Å². The summed E-state index contributed by atoms with van der Waals surface area (Å²) >= 11 is 0. The van der Waals surface area contributed by atoms with Gasteiger partial charge in [0.25, 0.3) is 0 Å². The van der Waals surface area contributed by atoms with Crippen LogP contribution in [0, 0.1) is 0 Å². The molecular weight excluding hydrogens is 232 g/mol. The Kier molecular flexibility index (Phi) is 5.41. The van der Waals surface area contributed by atoms with Gasteiger partial charge in [-0.1, -0.05) is 18.2 Å². The molecule has 1 aliphatic carbocycles. The average Bonchev–Trinajstić information content (AvgIpc) is 2.83. The van der Waals surface area contributed by atoms with E-state index in [1.54, 1.807) is 11.1 Å². The maximum Gasteiger partial charge on any atom is 0.00188 e. The summed E-state index contributed by atoms with van der Waals surface area (Å²) in [5.74, 6) is 0. The van der Waals surface area contributed by atoms with Gasteiger partial charge in [0.2, 0.25) is 0 Å². The fourth-order valence-corrected chi connectivity index (χ4v) is 2.90. The number of aryl methyl sites for hydroxylation is 2. The Morgan fingerprint density at radius 3 is 2.79 bits per heavy atom. The summed E-state index contributed by atoms with van der Waals surface area (Å²) < 4.78 is 0. The van der Waals surface area contributed by atoms with Crippen LogP contribution in [0.15, 0.2) is 18.2 Å². The van der Waals surface area contributed by atoms with Gasteiger partial charge in [0, 0.05) is 12.6 Å². The number of rotatable bonds is 7. The average molecular weight is 260 g/mol. The minimum Gasteiger partial charge on any atom is -0.328 e. The van der Waals surface area contributed by atoms with E-state index in [4.69, 9.17) is 5.73 Å². The monoisotopic (exact) mass is 260 g/mol. The second kappa shape index (κ2) is 7.06. The largest absolute Gasteiger partial charge is 0.328 e. The Bertz CT molecular complexity index is 398. The molecule has 1 unspecified atom stereocenters. The Labute approximate surface area is 118 Å². The van der Waals surface area contributed by atoms with Crippen LogP contribution in [0.4, 0.5) is 0 Å². The lowest BCUT2D eigenvalue weighted by molar-refractivity contribution is 0.326. The van der Waals surface area contributed by atoms with Gasteiger partial charge in [-0.25, -0.2) is 0 Å². The third kappa shape index (κ3) is 4.63. The van der Waals surface area contributed by atoms with E-state index < -0.39 is 0 Å². The van der Waals surface area contributed by atoms with Gasteiger partial charge in [0.05, 0.1) is 0 Å². The lowest BCUT2D eigenvalue weighted by Crippen LogP contribution is -2.24. The molecule has 2 rings (SSSR count). The molecule has 0 saturated carbocycles. The van der Waals surface area contributed by atoms with Gasteiger partial charge in [0.15, 0.2) is 0 Å². The van der Waals surface area contributed by atoms with Crippen LogP contribution in [0.2, 0.25) is 0 Å². The number of hydrogen-bond donors (Lipinski definition) is 1. The van der Waals surface area contributed by atoms with Crippen LogP contribution in [0.3, 0.4) is 0 Å². The van der Waals surface area contributed by atoms with E-state index in [-0.39, 0.29) is 0 Å². The molecule has 0 aromatic heterocycles. The quantitative estimate of drug-likeness (QED) is 0.817. The predicted octanol–water partition coefficient (Wildman–Crippen LogP) is 2.78. The summed E-state index contributed by atoms with van der Waals surface area (Å²) in [5, 5.41) is 0. The summed E-state index contributed by atoms with van der Waals surface area (Å²) in [4.78, 5) is 2.43. The second-order valence-corrected chi connectivity index (χ2v) is 6.13. The molecule has 0 aliphatic heterocycles. The SMILES string of the molecule is CC(N)CCCN(C)CCc1ccc2c(c1)CCC2. The molecule has 2 N–H and O–H groups in total. The van der Waals surface area contributed by atoms with E-state index in [0.29, 0.717) is 6.04 Å². The van der Waals surface area contributed by atoms with Crippen LogP contribution in [0.25, 0.3) is 0 Å². The zero-order chi connectivity index (χ0) is 13.7. The van der Waals surface area contributed by atoms with Crippen molar-refractivity contribution in [2.45, 2.75) is 51.5 Å². The first-order valence-electron chi connectivity index (χ1n) is 7.70. The summed E-state index contributed by atoms with van der Waals surface area (Å²) in [5.41, 5.74) is 10.4. The molecule has 0 spiro atoms. The minimum atomic E-state index is 0.338. The highest BCUT2D eigenvalue weighted by molar-refractivity contribution is 5.35. The number of benzene rings is 1. The van der Waals surface area contributed by atoms with E-state index in [0.717, 1.165) is 19.5 Å². The molecule has 2 nitrogen and oxygen atoms in total. The predicted molar refractivity (Wildman–Crippen MR) is 82.6 cm³/mol. The lowest BCUT2D eigenvalue weighted by atomic mass is 10.0. The zero-order valence-electron chi connectivity index (χ0n) is 12.5. The van der Waals surface area contributed by atoms with Gasteiger partial charge in [-0.3, -0.25) is 0 Å². The molecule has 0 bridgehead atoms. The summed E-state index contributed by atoms with van der Waals surface area (Å²) in [6, 6.07) is 7.43. The van der Waals surface area contributed by atoms with E-state index in [2.05, 4.69) is 37.1 Å². The van der Waals surface area contributed by atoms with Crippen molar-refractivity contribution in [2.24, 2.45) is 5.73 Å². The maximum atomic E-state index is 5.78. The van der Waals surface area contributed by atoms with Crippen molar-refractivity contribution >= 4 is 0 Å². The van der Waals surface area contributed by atoms with Crippen LogP contribution in [0.1, 0.15) is 42.9 Å². The first-order valence-corrected chi connectivity index (χ1v) is 7.70. The van der Waals surface area contributed by atoms with Crippen LogP contribution in [-0.4, -0.2) is 31.1 Å². The summed E-state index contributed by atoms with van der Waals surface area (Å²) in [6.45, 7) is 4.40. The third-order valence-corrected chi connectivity index (χ3v) is 4.14. The van der Waals surface area contributed by atoms with E-state index in [1.807, 2.05) is 0 Å². The Morgan fingerprint density at radius 2 is 2.00 bits per heavy atom. The molecule has 1 atom stereocenters. The normalized spacial score (nSPS) is 15.8. The number of fused-ring (bicyclic) bond motifs is 1. The van der Waals surface area contributed by atoms with E-state index in [9.17, 15) is 0 Å². The zero-order valence-corrected chi connectivity index (χ0v) is 12.5. The Hall–Kier alpha value is -0.860. The van der Waals surface area contributed by atoms with Crippen LogP contribution < -0.4 is 5.73 Å². The van der Waals surface area contributed by atoms with Crippen molar-refractivity contribution in [1.82, 2.24) is 4.90 Å². The van der Waals surface area contributed by atoms with Gasteiger partial charge in [-0.05, 0) is 75.7 Å². The molecule has 0 radical (unpaired) electrons. The summed E-state index contributed by atoms with van der Waals surface area (Å²) in [7, 11) is 2.22. The highest BCUT2D eigenvalue weighted by Crippen LogP contribution is 2.23. The molecule has 0 amide bonds. The molecule has 19 heavy (non-hydrogen) atoms. The van der Waals surface area contributed by atoms with E-state index >= 15 is 0 Å². The number of likely N-dealkylation sites (N-methyl/N-ethyl adjacent to an activating group) is 1. The van der Waals surface area contributed by atoms with Crippen molar-refractivity contribution in [1.29, 1.82) is 0 Å². The standard InChI is InChI=1S/C17H28N2/c1-14(18)5-4-11-19(2)12-10-15-8-9-16-6-3-7-17(16)13-15/h8-9,13-14H,3-7,10-12,18H2,1-2H3. The second-order valence-electron chi connectivity index (χ2n) is 6.13. The van der Waals surface area contributed by atoms with Gasteiger partial charge >= 0.3 is 0 Å². The van der Waals surface area contributed by atoms with Crippen molar-refractivity contribution in [3.8, 4) is 0 Å². The number of nitrogens with two attached hydrogens (primary N) is 1. The minimum absolute atomic E-state index is 0.338. The van der Waals surface area contributed by atoms with Crippen molar-refractivity contribution in [2.75, 3.05) is 20.1 Å². The van der Waals surface area contributed by atoms with Gasteiger partial charge < -0.3 is 10.6 Å². The van der Waals surface area contributed by atoms with Gasteiger partial charge in [-0.15, -0.1) is 0 Å². The van der Waals surface area contributed by atoms with Gasteiger partial charge in [0.1, 0.15) is 0 Å². The first-order chi connectivity index (χ1) is 9.15. The molecule has 2 heteroatoms. The Balaban J connectivity index is 1.73. The molecule has 0 fully saturated rings. The molecule has 1 aromatic carbocycles. The molecule has 1 aliphatic rings. The van der Waals surface area contributed by atoms with Crippen molar-refractivity contribution in [3.05, 3.63) is 34.9 Å². The molecule has 0 heterocycles. The third-order valence-electron chi connectivity index (χ3n) is 4.14. The molecule has 106 valence electrons. The molecular formula is C17H28N2. The number of hydrogen-bond acceptors (Lipinski definition) is 2. The van der Waals surface area contributed by atoms with Crippen molar-refractivity contribution < 1.29 is 0 Å². The van der Waals surface area contributed by atoms with Crippen LogP contribution >= 0.6 is 0 Å². The lowest BCUT2D eigenvalue weighted by Gasteiger charge is -2.17. The topological polar surface area (TPSA) is 29.3 Å². The highest BCUT2D eigenvalue weighted by atomic mass is 15.1. The maximum absolute atomic E-state index is 5.78. The molecule has 1 aromatic rings. The van der Waals surface area contributed by atoms with E-state index in [1.165, 1.54) is 37.7 Å².